The third kappa shape index (κ3) is 8.00. The maximum absolute atomic E-state index is 13.1. The number of rotatable bonds is 8. The van der Waals surface area contributed by atoms with Crippen LogP contribution in [0.4, 0.5) is 26.3 Å². The fourth-order valence-corrected chi connectivity index (χ4v) is 5.62. The van der Waals surface area contributed by atoms with E-state index in [-0.39, 0.29) is 44.9 Å². The summed E-state index contributed by atoms with van der Waals surface area (Å²) >= 11 is 1.23. The van der Waals surface area contributed by atoms with Crippen LogP contribution in [0.25, 0.3) is 22.0 Å². The van der Waals surface area contributed by atoms with Gasteiger partial charge in [-0.1, -0.05) is 31.1 Å². The maximum atomic E-state index is 13.1. The van der Waals surface area contributed by atoms with Crippen LogP contribution in [-0.2, 0) is 19.3 Å². The predicted molar refractivity (Wildman–Crippen MR) is 151 cm³/mol. The summed E-state index contributed by atoms with van der Waals surface area (Å²) in [6.45, 7) is 4.78. The van der Waals surface area contributed by atoms with Gasteiger partial charge in [0.2, 0.25) is 0 Å². The van der Waals surface area contributed by atoms with Crippen molar-refractivity contribution in [2.24, 2.45) is 5.92 Å². The molecule has 0 radical (unpaired) electrons. The predicted octanol–water partition coefficient (Wildman–Crippen LogP) is 7.56. The number of benzene rings is 2. The molecule has 1 N–H and O–H groups in total. The molecule has 0 unspecified atom stereocenters. The van der Waals surface area contributed by atoms with Gasteiger partial charge in [0, 0.05) is 18.2 Å². The number of thiazole rings is 1. The summed E-state index contributed by atoms with van der Waals surface area (Å²) in [5.74, 6) is -1.15. The highest BCUT2D eigenvalue weighted by molar-refractivity contribution is 7.15. The van der Waals surface area contributed by atoms with Gasteiger partial charge in [-0.15, -0.1) is 11.3 Å². The third-order valence-electron chi connectivity index (χ3n) is 6.90. The first-order valence-electron chi connectivity index (χ1n) is 13.7. The Morgan fingerprint density at radius 1 is 1.05 bits per heavy atom. The van der Waals surface area contributed by atoms with Crippen LogP contribution in [0.5, 0.6) is 11.5 Å². The van der Waals surface area contributed by atoms with E-state index in [1.54, 1.807) is 18.2 Å². The molecule has 5 rings (SSSR count). The Morgan fingerprint density at radius 2 is 1.73 bits per heavy atom. The van der Waals surface area contributed by atoms with Gasteiger partial charge in [-0.3, -0.25) is 14.4 Å². The van der Waals surface area contributed by atoms with Gasteiger partial charge >= 0.3 is 18.1 Å². The summed E-state index contributed by atoms with van der Waals surface area (Å²) in [6.07, 6.45) is -8.75. The molecule has 1 fully saturated rings. The highest BCUT2D eigenvalue weighted by Gasteiger charge is 2.41. The lowest BCUT2D eigenvalue weighted by molar-refractivity contribution is -0.185. The van der Waals surface area contributed by atoms with Crippen LogP contribution in [0.3, 0.4) is 0 Å². The van der Waals surface area contributed by atoms with Gasteiger partial charge in [0.1, 0.15) is 23.1 Å². The number of alkyl halides is 6. The summed E-state index contributed by atoms with van der Waals surface area (Å²) < 4.78 is 94.5. The van der Waals surface area contributed by atoms with Gasteiger partial charge in [-0.25, -0.2) is 9.78 Å². The lowest BCUT2D eigenvalue weighted by Crippen LogP contribution is -2.38. The molecule has 1 aliphatic rings. The largest absolute Gasteiger partial charge is 0.496 e. The second-order valence-electron chi connectivity index (χ2n) is 9.65. The van der Waals surface area contributed by atoms with Crippen molar-refractivity contribution >= 4 is 11.3 Å². The highest BCUT2D eigenvalue weighted by atomic mass is 32.1. The van der Waals surface area contributed by atoms with Crippen molar-refractivity contribution in [3.63, 3.8) is 0 Å². The minimum atomic E-state index is -4.48. The number of methoxy groups -OCH3 is 1. The molecule has 0 spiro atoms. The van der Waals surface area contributed by atoms with Crippen molar-refractivity contribution in [1.29, 1.82) is 0 Å². The van der Waals surface area contributed by atoms with Gasteiger partial charge in [0.05, 0.1) is 34.7 Å². The zero-order valence-electron chi connectivity index (χ0n) is 24.0. The zero-order valence-corrected chi connectivity index (χ0v) is 24.8. The smallest absolute Gasteiger partial charge is 0.439 e. The van der Waals surface area contributed by atoms with Crippen LogP contribution in [0.1, 0.15) is 42.8 Å². The first-order valence-corrected chi connectivity index (χ1v) is 14.5. The van der Waals surface area contributed by atoms with Gasteiger partial charge in [-0.05, 0) is 50.2 Å². The second kappa shape index (κ2) is 13.8. The Morgan fingerprint density at radius 3 is 2.30 bits per heavy atom. The lowest BCUT2D eigenvalue weighted by Gasteiger charge is -2.32. The number of aromatic nitrogens is 3. The quantitative estimate of drug-likeness (QED) is 0.198. The summed E-state index contributed by atoms with van der Waals surface area (Å²) in [4.78, 5) is 21.0. The highest BCUT2D eigenvalue weighted by Crippen LogP contribution is 2.37. The number of nitrogens with one attached hydrogen (secondary N) is 1. The average Bonchev–Trinajstić information content (AvgIpc) is 3.62. The molecule has 0 saturated carbocycles. The summed E-state index contributed by atoms with van der Waals surface area (Å²) in [7, 11) is 1.43. The number of aromatic amines is 1. The first-order chi connectivity index (χ1) is 20.9. The van der Waals surface area contributed by atoms with E-state index in [1.165, 1.54) is 30.6 Å². The monoisotopic (exact) mass is 644 g/mol. The molecule has 2 aromatic heterocycles. The fourth-order valence-electron chi connectivity index (χ4n) is 4.63. The third-order valence-corrected chi connectivity index (χ3v) is 8.02. The molecule has 0 aliphatic carbocycles. The van der Waals surface area contributed by atoms with Gasteiger partial charge in [0.25, 0.3) is 0 Å². The minimum Gasteiger partial charge on any atom is -0.496 e. The number of piperidine rings is 1. The van der Waals surface area contributed by atoms with Crippen molar-refractivity contribution in [2.75, 3.05) is 20.2 Å². The van der Waals surface area contributed by atoms with Crippen molar-refractivity contribution in [2.45, 2.75) is 52.2 Å². The number of ether oxygens (including phenoxy) is 2. The standard InChI is InChI=1S/C27H24F6N4O4S.C2H6/c1-39-21-12-18(6-7-19(21)23-35-25(38)41-36-23)40-14-22-20(13-37-10-8-17(9-11-37)27(31,32)33)34-24(42-22)15-2-4-16(5-3-15)26(28,29)30;1-2/h2-7,12,17H,8-11,13-14H2,1H3,(H,35,36,38);1-2H3. The molecule has 2 aromatic carbocycles. The first kappa shape index (κ1) is 33.1. The van der Waals surface area contributed by atoms with Crippen LogP contribution in [-0.4, -0.2) is 46.4 Å². The van der Waals surface area contributed by atoms with Crippen LogP contribution < -0.4 is 15.2 Å². The summed E-state index contributed by atoms with van der Waals surface area (Å²) in [6, 6.07) is 9.46. The van der Waals surface area contributed by atoms with Gasteiger partial charge in [0.15, 0.2) is 5.82 Å². The van der Waals surface area contributed by atoms with Crippen LogP contribution in [0.15, 0.2) is 51.8 Å². The van der Waals surface area contributed by atoms with Gasteiger partial charge < -0.3 is 9.47 Å². The SMILES string of the molecule is CC.COc1cc(OCc2sc(-c3ccc(C(F)(F)F)cc3)nc2CN2CCC(C(F)(F)F)CC2)ccc1-c1noc(=O)[nH]1. The number of hydrogen-bond acceptors (Lipinski definition) is 8. The van der Waals surface area contributed by atoms with E-state index >= 15 is 0 Å². The molecule has 44 heavy (non-hydrogen) atoms. The van der Waals surface area contributed by atoms with E-state index in [0.717, 1.165) is 12.1 Å². The van der Waals surface area contributed by atoms with E-state index in [1.807, 2.05) is 18.7 Å². The molecule has 1 aliphatic heterocycles. The van der Waals surface area contributed by atoms with Crippen molar-refractivity contribution in [3.05, 3.63) is 69.1 Å². The zero-order chi connectivity index (χ0) is 32.1. The van der Waals surface area contributed by atoms with Crippen molar-refractivity contribution in [3.8, 4) is 33.5 Å². The molecular formula is C29H30F6N4O4S. The Bertz CT molecular complexity index is 1570. The number of likely N-dealkylation sites (tertiary alicyclic amines) is 1. The van der Waals surface area contributed by atoms with Crippen LogP contribution in [0.2, 0.25) is 0 Å². The maximum Gasteiger partial charge on any atom is 0.439 e. The lowest BCUT2D eigenvalue weighted by atomic mass is 9.96. The molecule has 4 aromatic rings. The molecule has 238 valence electrons. The molecule has 0 bridgehead atoms. The Kier molecular flexibility index (Phi) is 10.4. The summed E-state index contributed by atoms with van der Waals surface area (Å²) in [5.41, 5.74) is 0.722. The number of H-pyrrole nitrogens is 1. The van der Waals surface area contributed by atoms with E-state index in [9.17, 15) is 31.1 Å². The Labute approximate surface area is 252 Å². The van der Waals surface area contributed by atoms with Crippen LogP contribution in [0, 0.1) is 5.92 Å². The number of nitrogens with zero attached hydrogens (tertiary/aromatic N) is 3. The fraction of sp³-hybridized carbons (Fsp3) is 0.414. The van der Waals surface area contributed by atoms with Crippen LogP contribution >= 0.6 is 11.3 Å². The number of hydrogen-bond donors (Lipinski definition) is 1. The topological polar surface area (TPSA) is 93.5 Å². The molecule has 1 saturated heterocycles. The molecule has 0 atom stereocenters. The molecule has 15 heteroatoms. The van der Waals surface area contributed by atoms with Crippen molar-refractivity contribution < 1.29 is 40.3 Å². The molecule has 0 amide bonds. The minimum absolute atomic E-state index is 0.0197. The Hall–Kier alpha value is -3.85. The van der Waals surface area contributed by atoms with Crippen molar-refractivity contribution in [1.82, 2.24) is 20.0 Å². The van der Waals surface area contributed by atoms with E-state index in [0.29, 0.717) is 38.2 Å². The van der Waals surface area contributed by atoms with E-state index in [4.69, 9.17) is 9.47 Å². The molecular weight excluding hydrogens is 614 g/mol. The van der Waals surface area contributed by atoms with Gasteiger partial charge in [-0.2, -0.15) is 26.3 Å². The average molecular weight is 645 g/mol. The molecule has 3 heterocycles. The van der Waals surface area contributed by atoms with E-state index in [2.05, 4.69) is 19.6 Å². The number of halogens is 6. The molecule has 8 nitrogen and oxygen atoms in total. The second-order valence-corrected chi connectivity index (χ2v) is 10.7. The normalized spacial score (nSPS) is 14.7. The van der Waals surface area contributed by atoms with E-state index < -0.39 is 29.6 Å². The summed E-state index contributed by atoms with van der Waals surface area (Å²) in [5, 5.41) is 4.12. The Balaban J connectivity index is 0.00000216.